The van der Waals surface area contributed by atoms with Crippen molar-refractivity contribution < 1.29 is 24.2 Å². The average Bonchev–Trinajstić information content (AvgIpc) is 3.52. The summed E-state index contributed by atoms with van der Waals surface area (Å²) in [5, 5.41) is 15.2. The summed E-state index contributed by atoms with van der Waals surface area (Å²) in [4.78, 5) is 40.3. The molecule has 8 nitrogen and oxygen atoms in total. The fourth-order valence-electron chi connectivity index (χ4n) is 3.25. The summed E-state index contributed by atoms with van der Waals surface area (Å²) in [6, 6.07) is 4.37. The predicted molar refractivity (Wildman–Crippen MR) is 121 cm³/mol. The summed E-state index contributed by atoms with van der Waals surface area (Å²) in [6.45, 7) is 8.14. The second-order valence-electron chi connectivity index (χ2n) is 9.19. The molecule has 2 unspecified atom stereocenters. The van der Waals surface area contributed by atoms with E-state index in [1.165, 1.54) is 4.90 Å². The molecule has 0 radical (unpaired) electrons. The molecule has 1 aromatic carbocycles. The number of alkyl carbamates (subject to hydrolysis) is 1. The Morgan fingerprint density at radius 1 is 1.19 bits per heavy atom. The number of nitrogens with zero attached hydrogens (tertiary/aromatic N) is 1. The number of carbonyl (C=O) groups is 3. The SMILES string of the molecule is C#Cc1ccc(C(C(=O)NC(C)C)N(C(=O)C(CO)NC(=O)OC(C)(C)C)C2CC2)cc1. The minimum atomic E-state index is -1.25. The number of terminal acetylenes is 1. The number of nitrogens with one attached hydrogen (secondary N) is 2. The van der Waals surface area contributed by atoms with Gasteiger partial charge in [-0.3, -0.25) is 9.59 Å². The average molecular weight is 444 g/mol. The van der Waals surface area contributed by atoms with Gasteiger partial charge in [0.2, 0.25) is 11.8 Å². The summed E-state index contributed by atoms with van der Waals surface area (Å²) in [5.74, 6) is 1.64. The predicted octanol–water partition coefficient (Wildman–Crippen LogP) is 2.11. The molecule has 0 heterocycles. The summed E-state index contributed by atoms with van der Waals surface area (Å²) in [5.41, 5.74) is 0.485. The van der Waals surface area contributed by atoms with E-state index in [9.17, 15) is 19.5 Å². The zero-order valence-electron chi connectivity index (χ0n) is 19.3. The van der Waals surface area contributed by atoms with Crippen LogP contribution in [0.3, 0.4) is 0 Å². The zero-order chi connectivity index (χ0) is 24.1. The molecule has 0 saturated heterocycles. The van der Waals surface area contributed by atoms with Crippen molar-refractivity contribution in [1.29, 1.82) is 0 Å². The minimum Gasteiger partial charge on any atom is -0.444 e. The molecular weight excluding hydrogens is 410 g/mol. The third-order valence-corrected chi connectivity index (χ3v) is 4.72. The summed E-state index contributed by atoms with van der Waals surface area (Å²) < 4.78 is 5.22. The number of hydrogen-bond donors (Lipinski definition) is 3. The van der Waals surface area contributed by atoms with E-state index < -0.39 is 36.3 Å². The number of benzene rings is 1. The van der Waals surface area contributed by atoms with Gasteiger partial charge in [-0.05, 0) is 65.2 Å². The van der Waals surface area contributed by atoms with Crippen molar-refractivity contribution in [2.45, 2.75) is 77.2 Å². The molecule has 8 heteroatoms. The Bertz CT molecular complexity index is 863. The number of rotatable bonds is 8. The van der Waals surface area contributed by atoms with Crippen LogP contribution in [0.25, 0.3) is 0 Å². The third kappa shape index (κ3) is 6.99. The van der Waals surface area contributed by atoms with Gasteiger partial charge in [0, 0.05) is 17.6 Å². The van der Waals surface area contributed by atoms with Gasteiger partial charge in [0.15, 0.2) is 0 Å². The van der Waals surface area contributed by atoms with E-state index in [2.05, 4.69) is 16.6 Å². The van der Waals surface area contributed by atoms with Crippen LogP contribution in [0.5, 0.6) is 0 Å². The van der Waals surface area contributed by atoms with E-state index in [1.54, 1.807) is 45.0 Å². The van der Waals surface area contributed by atoms with Crippen LogP contribution < -0.4 is 10.6 Å². The molecule has 0 bridgehead atoms. The lowest BCUT2D eigenvalue weighted by Crippen LogP contribution is -2.55. The molecule has 2 atom stereocenters. The maximum Gasteiger partial charge on any atom is 0.408 e. The molecule has 1 aromatic rings. The molecule has 0 aliphatic heterocycles. The molecule has 3 amide bonds. The first-order valence-corrected chi connectivity index (χ1v) is 10.8. The first-order valence-electron chi connectivity index (χ1n) is 10.8. The number of aliphatic hydroxyl groups is 1. The Kier molecular flexibility index (Phi) is 8.28. The Balaban J connectivity index is 2.37. The molecule has 1 aliphatic rings. The normalized spacial score (nSPS) is 15.3. The lowest BCUT2D eigenvalue weighted by atomic mass is 10.0. The van der Waals surface area contributed by atoms with Crippen LogP contribution in [-0.4, -0.2) is 58.2 Å². The van der Waals surface area contributed by atoms with Gasteiger partial charge >= 0.3 is 6.09 Å². The van der Waals surface area contributed by atoms with Crippen molar-refractivity contribution in [1.82, 2.24) is 15.5 Å². The van der Waals surface area contributed by atoms with Gasteiger partial charge in [0.25, 0.3) is 0 Å². The second kappa shape index (κ2) is 10.5. The molecule has 0 spiro atoms. The molecule has 2 rings (SSSR count). The number of hydrogen-bond acceptors (Lipinski definition) is 5. The molecule has 174 valence electrons. The summed E-state index contributed by atoms with van der Waals surface area (Å²) >= 11 is 0. The lowest BCUT2D eigenvalue weighted by molar-refractivity contribution is -0.144. The van der Waals surface area contributed by atoms with Gasteiger partial charge in [-0.15, -0.1) is 6.42 Å². The van der Waals surface area contributed by atoms with Crippen molar-refractivity contribution >= 4 is 17.9 Å². The fraction of sp³-hybridized carbons (Fsp3) is 0.542. The minimum absolute atomic E-state index is 0.139. The molecular formula is C24H33N3O5. The van der Waals surface area contributed by atoms with E-state index in [-0.39, 0.29) is 18.0 Å². The number of aliphatic hydroxyl groups excluding tert-OH is 1. The fourth-order valence-corrected chi connectivity index (χ4v) is 3.25. The topological polar surface area (TPSA) is 108 Å². The summed E-state index contributed by atoms with van der Waals surface area (Å²) in [7, 11) is 0. The van der Waals surface area contributed by atoms with Crippen LogP contribution in [0.15, 0.2) is 24.3 Å². The van der Waals surface area contributed by atoms with Crippen LogP contribution in [0, 0.1) is 12.3 Å². The first kappa shape index (κ1) is 25.2. The van der Waals surface area contributed by atoms with Crippen molar-refractivity contribution in [3.05, 3.63) is 35.4 Å². The molecule has 1 saturated carbocycles. The monoisotopic (exact) mass is 443 g/mol. The maximum absolute atomic E-state index is 13.5. The van der Waals surface area contributed by atoms with Gasteiger partial charge in [0.05, 0.1) is 6.61 Å². The Morgan fingerprint density at radius 3 is 2.22 bits per heavy atom. The van der Waals surface area contributed by atoms with Crippen LogP contribution in [0.1, 0.15) is 64.6 Å². The molecule has 1 fully saturated rings. The number of amides is 3. The maximum atomic E-state index is 13.5. The van der Waals surface area contributed by atoms with Crippen LogP contribution in [-0.2, 0) is 14.3 Å². The zero-order valence-corrected chi connectivity index (χ0v) is 19.3. The lowest BCUT2D eigenvalue weighted by Gasteiger charge is -2.34. The standard InChI is InChI=1S/C24H33N3O5/c1-7-16-8-10-17(11-9-16)20(21(29)25-15(2)3)27(18-12-13-18)22(30)19(14-28)26-23(31)32-24(4,5)6/h1,8-11,15,18-20,28H,12-14H2,2-6H3,(H,25,29)(H,26,31). The van der Waals surface area contributed by atoms with E-state index in [0.29, 0.717) is 11.1 Å². The molecule has 3 N–H and O–H groups in total. The highest BCUT2D eigenvalue weighted by molar-refractivity contribution is 5.92. The van der Waals surface area contributed by atoms with Gasteiger partial charge < -0.3 is 25.4 Å². The molecule has 1 aliphatic carbocycles. The van der Waals surface area contributed by atoms with Crippen LogP contribution in [0.2, 0.25) is 0 Å². The smallest absolute Gasteiger partial charge is 0.408 e. The van der Waals surface area contributed by atoms with Crippen molar-refractivity contribution in [3.8, 4) is 12.3 Å². The highest BCUT2D eigenvalue weighted by Gasteiger charge is 2.44. The Hall–Kier alpha value is -3.05. The highest BCUT2D eigenvalue weighted by atomic mass is 16.6. The van der Waals surface area contributed by atoms with Gasteiger partial charge in [-0.25, -0.2) is 4.79 Å². The summed E-state index contributed by atoms with van der Waals surface area (Å²) in [6.07, 6.45) is 6.08. The Labute approximate surface area is 189 Å². The van der Waals surface area contributed by atoms with Crippen LogP contribution in [0.4, 0.5) is 4.79 Å². The quantitative estimate of drug-likeness (QED) is 0.534. The van der Waals surface area contributed by atoms with Crippen molar-refractivity contribution in [2.24, 2.45) is 0 Å². The van der Waals surface area contributed by atoms with E-state index in [1.807, 2.05) is 13.8 Å². The molecule has 0 aromatic heterocycles. The first-order chi connectivity index (χ1) is 15.0. The van der Waals surface area contributed by atoms with E-state index in [4.69, 9.17) is 11.2 Å². The van der Waals surface area contributed by atoms with E-state index >= 15 is 0 Å². The van der Waals surface area contributed by atoms with Gasteiger partial charge in [-0.2, -0.15) is 0 Å². The third-order valence-electron chi connectivity index (χ3n) is 4.72. The number of ether oxygens (including phenoxy) is 1. The largest absolute Gasteiger partial charge is 0.444 e. The Morgan fingerprint density at radius 2 is 1.78 bits per heavy atom. The molecule has 32 heavy (non-hydrogen) atoms. The van der Waals surface area contributed by atoms with Gasteiger partial charge in [-0.1, -0.05) is 18.1 Å². The number of carbonyl (C=O) groups excluding carboxylic acids is 3. The van der Waals surface area contributed by atoms with Crippen molar-refractivity contribution in [3.63, 3.8) is 0 Å². The van der Waals surface area contributed by atoms with E-state index in [0.717, 1.165) is 12.8 Å². The van der Waals surface area contributed by atoms with Crippen LogP contribution >= 0.6 is 0 Å². The van der Waals surface area contributed by atoms with Crippen molar-refractivity contribution in [2.75, 3.05) is 6.61 Å². The highest BCUT2D eigenvalue weighted by Crippen LogP contribution is 2.35. The second-order valence-corrected chi connectivity index (χ2v) is 9.19. The van der Waals surface area contributed by atoms with Gasteiger partial charge in [0.1, 0.15) is 17.7 Å².